The van der Waals surface area contributed by atoms with E-state index in [0.29, 0.717) is 5.56 Å². The number of halogens is 1. The van der Waals surface area contributed by atoms with Gasteiger partial charge >= 0.3 is 0 Å². The van der Waals surface area contributed by atoms with E-state index in [1.165, 1.54) is 6.07 Å². The highest BCUT2D eigenvalue weighted by atomic mass is 19.1. The molecular formula is C12H18FNO. The lowest BCUT2D eigenvalue weighted by Gasteiger charge is -2.27. The largest absolute Gasteiger partial charge is 0.326 e. The molecule has 0 bridgehead atoms. The SMILES string of the molecule is CCCC(C)(CC)c1cc(F)c[nH]c1=O. The van der Waals surface area contributed by atoms with Gasteiger partial charge in [-0.15, -0.1) is 0 Å². The highest BCUT2D eigenvalue weighted by Gasteiger charge is 2.26. The van der Waals surface area contributed by atoms with Crippen molar-refractivity contribution in [2.45, 2.75) is 45.4 Å². The average Bonchev–Trinajstić information content (AvgIpc) is 2.22. The second-order valence-corrected chi connectivity index (χ2v) is 4.22. The molecule has 1 N–H and O–H groups in total. The van der Waals surface area contributed by atoms with E-state index in [1.54, 1.807) is 0 Å². The second kappa shape index (κ2) is 4.60. The van der Waals surface area contributed by atoms with Crippen molar-refractivity contribution in [3.63, 3.8) is 0 Å². The van der Waals surface area contributed by atoms with Gasteiger partial charge in [-0.25, -0.2) is 4.39 Å². The van der Waals surface area contributed by atoms with Crippen LogP contribution in [0.15, 0.2) is 17.1 Å². The summed E-state index contributed by atoms with van der Waals surface area (Å²) in [6, 6.07) is 1.36. The van der Waals surface area contributed by atoms with Crippen molar-refractivity contribution in [1.29, 1.82) is 0 Å². The van der Waals surface area contributed by atoms with E-state index in [4.69, 9.17) is 0 Å². The number of hydrogen-bond donors (Lipinski definition) is 1. The van der Waals surface area contributed by atoms with Gasteiger partial charge in [-0.2, -0.15) is 0 Å². The van der Waals surface area contributed by atoms with E-state index < -0.39 is 0 Å². The van der Waals surface area contributed by atoms with Crippen molar-refractivity contribution in [2.75, 3.05) is 0 Å². The number of rotatable bonds is 4. The molecule has 0 aliphatic rings. The summed E-state index contributed by atoms with van der Waals surface area (Å²) >= 11 is 0. The predicted octanol–water partition coefficient (Wildman–Crippen LogP) is 2.98. The van der Waals surface area contributed by atoms with Crippen molar-refractivity contribution in [1.82, 2.24) is 4.98 Å². The quantitative estimate of drug-likeness (QED) is 0.816. The Bertz CT molecular complexity index is 385. The molecule has 1 atom stereocenters. The summed E-state index contributed by atoms with van der Waals surface area (Å²) in [6.07, 6.45) is 3.83. The molecule has 0 saturated carbocycles. The van der Waals surface area contributed by atoms with Crippen LogP contribution >= 0.6 is 0 Å². The molecule has 0 amide bonds. The third-order valence-electron chi connectivity index (χ3n) is 3.10. The molecule has 0 aromatic carbocycles. The van der Waals surface area contributed by atoms with Crippen LogP contribution in [-0.2, 0) is 5.41 Å². The zero-order chi connectivity index (χ0) is 11.5. The molecule has 0 spiro atoms. The Balaban J connectivity index is 3.22. The Morgan fingerprint density at radius 3 is 2.67 bits per heavy atom. The first-order valence-electron chi connectivity index (χ1n) is 5.42. The van der Waals surface area contributed by atoms with Crippen LogP contribution in [0.4, 0.5) is 4.39 Å². The zero-order valence-electron chi connectivity index (χ0n) is 9.56. The molecule has 3 heteroatoms. The Hall–Kier alpha value is -1.12. The molecule has 1 aromatic rings. The maximum Gasteiger partial charge on any atom is 0.251 e. The summed E-state index contributed by atoms with van der Waals surface area (Å²) in [5, 5.41) is 0. The van der Waals surface area contributed by atoms with Gasteiger partial charge in [-0.05, 0) is 24.3 Å². The Morgan fingerprint density at radius 1 is 1.47 bits per heavy atom. The van der Waals surface area contributed by atoms with Gasteiger partial charge in [0.15, 0.2) is 0 Å². The second-order valence-electron chi connectivity index (χ2n) is 4.22. The molecule has 1 unspecified atom stereocenters. The highest BCUT2D eigenvalue weighted by molar-refractivity contribution is 5.21. The van der Waals surface area contributed by atoms with Crippen LogP contribution < -0.4 is 5.56 Å². The average molecular weight is 211 g/mol. The molecule has 1 aromatic heterocycles. The minimum atomic E-state index is -0.375. The van der Waals surface area contributed by atoms with Crippen LogP contribution in [0.5, 0.6) is 0 Å². The number of aromatic amines is 1. The van der Waals surface area contributed by atoms with Crippen LogP contribution in [0.3, 0.4) is 0 Å². The molecule has 2 nitrogen and oxygen atoms in total. The molecule has 0 aliphatic heterocycles. The van der Waals surface area contributed by atoms with Crippen molar-refractivity contribution < 1.29 is 4.39 Å². The molecule has 15 heavy (non-hydrogen) atoms. The highest BCUT2D eigenvalue weighted by Crippen LogP contribution is 2.30. The van der Waals surface area contributed by atoms with Gasteiger partial charge in [0.2, 0.25) is 0 Å². The van der Waals surface area contributed by atoms with Crippen molar-refractivity contribution in [3.05, 3.63) is 34.0 Å². The molecule has 0 radical (unpaired) electrons. The Morgan fingerprint density at radius 2 is 2.13 bits per heavy atom. The summed E-state index contributed by atoms with van der Waals surface area (Å²) in [6.45, 7) is 6.11. The lowest BCUT2D eigenvalue weighted by molar-refractivity contribution is 0.406. The Labute approximate surface area is 89.5 Å². The first kappa shape index (κ1) is 12.0. The van der Waals surface area contributed by atoms with E-state index in [2.05, 4.69) is 11.9 Å². The number of pyridine rings is 1. The zero-order valence-corrected chi connectivity index (χ0v) is 9.56. The fourth-order valence-corrected chi connectivity index (χ4v) is 1.96. The van der Waals surface area contributed by atoms with Gasteiger partial charge < -0.3 is 4.98 Å². The lowest BCUT2D eigenvalue weighted by atomic mass is 9.77. The van der Waals surface area contributed by atoms with Gasteiger partial charge in [-0.1, -0.05) is 27.2 Å². The number of H-pyrrole nitrogens is 1. The van der Waals surface area contributed by atoms with Crippen LogP contribution in [0.25, 0.3) is 0 Å². The minimum absolute atomic E-state index is 0.172. The van der Waals surface area contributed by atoms with Gasteiger partial charge in [0.1, 0.15) is 5.82 Å². The van der Waals surface area contributed by atoms with Crippen molar-refractivity contribution in [2.24, 2.45) is 0 Å². The molecular weight excluding hydrogens is 193 g/mol. The van der Waals surface area contributed by atoms with Crippen molar-refractivity contribution >= 4 is 0 Å². The summed E-state index contributed by atoms with van der Waals surface area (Å²) < 4.78 is 13.1. The third-order valence-corrected chi connectivity index (χ3v) is 3.10. The molecule has 0 fully saturated rings. The van der Waals surface area contributed by atoms with Crippen molar-refractivity contribution in [3.8, 4) is 0 Å². The van der Waals surface area contributed by atoms with Gasteiger partial charge in [0.25, 0.3) is 5.56 Å². The summed E-state index contributed by atoms with van der Waals surface area (Å²) in [5.74, 6) is -0.375. The molecule has 1 rings (SSSR count). The van der Waals surface area contributed by atoms with Gasteiger partial charge in [0, 0.05) is 11.8 Å². The van der Waals surface area contributed by atoms with E-state index in [-0.39, 0.29) is 16.8 Å². The third kappa shape index (κ3) is 2.46. The maximum atomic E-state index is 13.1. The van der Waals surface area contributed by atoms with Crippen LogP contribution in [0.1, 0.15) is 45.6 Å². The van der Waals surface area contributed by atoms with Crippen LogP contribution in [0.2, 0.25) is 0 Å². The predicted molar refractivity (Wildman–Crippen MR) is 59.6 cm³/mol. The number of aromatic nitrogens is 1. The number of hydrogen-bond acceptors (Lipinski definition) is 1. The normalized spacial score (nSPS) is 14.9. The topological polar surface area (TPSA) is 32.9 Å². The fraction of sp³-hybridized carbons (Fsp3) is 0.583. The van der Waals surface area contributed by atoms with E-state index in [0.717, 1.165) is 25.5 Å². The molecule has 1 heterocycles. The van der Waals surface area contributed by atoms with E-state index >= 15 is 0 Å². The van der Waals surface area contributed by atoms with Gasteiger partial charge in [0.05, 0.1) is 0 Å². The smallest absolute Gasteiger partial charge is 0.251 e. The Kier molecular flexibility index (Phi) is 3.66. The summed E-state index contributed by atoms with van der Waals surface area (Å²) in [4.78, 5) is 14.1. The summed E-state index contributed by atoms with van der Waals surface area (Å²) in [5.41, 5.74) is 0.172. The minimum Gasteiger partial charge on any atom is -0.326 e. The molecule has 84 valence electrons. The molecule has 0 aliphatic carbocycles. The van der Waals surface area contributed by atoms with E-state index in [1.807, 2.05) is 13.8 Å². The lowest BCUT2D eigenvalue weighted by Crippen LogP contribution is -2.29. The first-order valence-corrected chi connectivity index (χ1v) is 5.42. The van der Waals surface area contributed by atoms with Crippen LogP contribution in [-0.4, -0.2) is 4.98 Å². The van der Waals surface area contributed by atoms with Crippen LogP contribution in [0, 0.1) is 5.82 Å². The van der Waals surface area contributed by atoms with Gasteiger partial charge in [-0.3, -0.25) is 4.79 Å². The first-order chi connectivity index (χ1) is 7.03. The molecule has 0 saturated heterocycles. The fourth-order valence-electron chi connectivity index (χ4n) is 1.96. The number of nitrogens with one attached hydrogen (secondary N) is 1. The monoisotopic (exact) mass is 211 g/mol. The van der Waals surface area contributed by atoms with E-state index in [9.17, 15) is 9.18 Å². The standard InChI is InChI=1S/C12H18FNO/c1-4-6-12(3,5-2)10-7-9(13)8-14-11(10)15/h7-8H,4-6H2,1-3H3,(H,14,15). The summed E-state index contributed by atoms with van der Waals surface area (Å²) in [7, 11) is 0. The maximum absolute atomic E-state index is 13.1.